The Bertz CT molecular complexity index is 555. The number of amidine groups is 1. The number of benzene rings is 1. The van der Waals surface area contributed by atoms with Crippen LogP contribution in [0.25, 0.3) is 0 Å². The van der Waals surface area contributed by atoms with Gasteiger partial charge in [-0.1, -0.05) is 43.8 Å². The Morgan fingerprint density at radius 2 is 2.09 bits per heavy atom. The van der Waals surface area contributed by atoms with E-state index in [1.807, 2.05) is 18.2 Å². The lowest BCUT2D eigenvalue weighted by molar-refractivity contribution is -0.116. The van der Waals surface area contributed by atoms with Crippen molar-refractivity contribution in [3.05, 3.63) is 48.0 Å². The largest absolute Gasteiger partial charge is 0.326 e. The van der Waals surface area contributed by atoms with Crippen LogP contribution in [0.1, 0.15) is 12.5 Å². The highest BCUT2D eigenvalue weighted by molar-refractivity contribution is 6.05. The summed E-state index contributed by atoms with van der Waals surface area (Å²) in [5.41, 5.74) is 6.97. The molecule has 1 aromatic rings. The Balaban J connectivity index is 1.91. The van der Waals surface area contributed by atoms with Crippen molar-refractivity contribution in [2.45, 2.75) is 13.5 Å². The van der Waals surface area contributed by atoms with Crippen molar-refractivity contribution in [2.24, 2.45) is 17.6 Å². The van der Waals surface area contributed by atoms with Gasteiger partial charge in [0.15, 0.2) is 0 Å². The highest BCUT2D eigenvalue weighted by Gasteiger charge is 2.33. The summed E-state index contributed by atoms with van der Waals surface area (Å²) in [5, 5.41) is 10.8. The molecule has 0 saturated carbocycles. The Morgan fingerprint density at radius 1 is 1.41 bits per heavy atom. The molecule has 1 aliphatic heterocycles. The third-order valence-corrected chi connectivity index (χ3v) is 4.12. The summed E-state index contributed by atoms with van der Waals surface area (Å²) >= 11 is 0. The zero-order valence-corrected chi connectivity index (χ0v) is 13.0. The number of carbonyl (C=O) groups excluding carboxylic acids is 1. The fourth-order valence-electron chi connectivity index (χ4n) is 2.81. The maximum absolute atomic E-state index is 11.8. The van der Waals surface area contributed by atoms with Gasteiger partial charge in [0.05, 0.1) is 0 Å². The molecule has 1 aromatic carbocycles. The number of carbonyl (C=O) groups is 1. The summed E-state index contributed by atoms with van der Waals surface area (Å²) in [5.74, 6) is 0.296. The van der Waals surface area contributed by atoms with Crippen molar-refractivity contribution in [3.8, 4) is 0 Å². The van der Waals surface area contributed by atoms with Gasteiger partial charge in [0.1, 0.15) is 5.84 Å². The van der Waals surface area contributed by atoms with Crippen LogP contribution in [0.3, 0.4) is 0 Å². The number of nitrogens with two attached hydrogens (primary N) is 1. The van der Waals surface area contributed by atoms with Gasteiger partial charge in [-0.3, -0.25) is 15.1 Å². The fourth-order valence-corrected chi connectivity index (χ4v) is 2.81. The van der Waals surface area contributed by atoms with Crippen molar-refractivity contribution in [1.82, 2.24) is 10.2 Å². The van der Waals surface area contributed by atoms with Crippen LogP contribution in [-0.4, -0.2) is 36.3 Å². The Labute approximate surface area is 131 Å². The molecule has 1 aliphatic rings. The lowest BCUT2D eigenvalue weighted by atomic mass is 9.97. The maximum Gasteiger partial charge on any atom is 0.253 e. The van der Waals surface area contributed by atoms with Gasteiger partial charge >= 0.3 is 0 Å². The maximum atomic E-state index is 11.8. The van der Waals surface area contributed by atoms with E-state index < -0.39 is 0 Å². The van der Waals surface area contributed by atoms with Crippen LogP contribution >= 0.6 is 0 Å². The molecule has 1 amide bonds. The Morgan fingerprint density at radius 3 is 2.73 bits per heavy atom. The third-order valence-electron chi connectivity index (χ3n) is 4.12. The smallest absolute Gasteiger partial charge is 0.253 e. The zero-order valence-electron chi connectivity index (χ0n) is 13.0. The van der Waals surface area contributed by atoms with Crippen LogP contribution in [0.15, 0.2) is 42.5 Å². The van der Waals surface area contributed by atoms with E-state index >= 15 is 0 Å². The number of nitrogens with zero attached hydrogens (tertiary/aromatic N) is 1. The minimum absolute atomic E-state index is 0.0400. The van der Waals surface area contributed by atoms with Crippen LogP contribution in [0, 0.1) is 17.2 Å². The first-order valence-corrected chi connectivity index (χ1v) is 7.55. The van der Waals surface area contributed by atoms with E-state index in [1.54, 1.807) is 0 Å². The summed E-state index contributed by atoms with van der Waals surface area (Å²) in [4.78, 5) is 14.1. The molecule has 22 heavy (non-hydrogen) atoms. The summed E-state index contributed by atoms with van der Waals surface area (Å²) < 4.78 is 0. The molecule has 5 nitrogen and oxygen atoms in total. The number of amides is 1. The van der Waals surface area contributed by atoms with E-state index in [1.165, 1.54) is 5.56 Å². The highest BCUT2D eigenvalue weighted by Crippen LogP contribution is 2.24. The number of hydrogen-bond donors (Lipinski definition) is 3. The van der Waals surface area contributed by atoms with Crippen molar-refractivity contribution in [1.29, 1.82) is 5.41 Å². The summed E-state index contributed by atoms with van der Waals surface area (Å²) in [7, 11) is 0. The quantitative estimate of drug-likeness (QED) is 0.436. The highest BCUT2D eigenvalue weighted by atomic mass is 16.1. The van der Waals surface area contributed by atoms with Crippen LogP contribution in [0.5, 0.6) is 0 Å². The third kappa shape index (κ3) is 4.02. The first-order chi connectivity index (χ1) is 10.5. The van der Waals surface area contributed by atoms with Gasteiger partial charge in [-0.15, -0.1) is 0 Å². The molecule has 0 unspecified atom stereocenters. The second kappa shape index (κ2) is 7.33. The summed E-state index contributed by atoms with van der Waals surface area (Å²) in [6, 6.07) is 10.3. The van der Waals surface area contributed by atoms with E-state index in [4.69, 9.17) is 11.1 Å². The second-order valence-corrected chi connectivity index (χ2v) is 5.94. The molecule has 0 spiro atoms. The van der Waals surface area contributed by atoms with Crippen LogP contribution in [0.4, 0.5) is 0 Å². The van der Waals surface area contributed by atoms with Gasteiger partial charge < -0.3 is 11.1 Å². The molecule has 1 saturated heterocycles. The standard InChI is InChI=1S/C17H24N4O/c1-12(8-18)17(22)20-16(19)15-11-21(9-13(15)2)10-14-6-4-3-5-7-14/h3-7,13,15H,1,8-11,18H2,2H3,(H2,19,20,22)/t13-,15-/m1/s1. The molecule has 1 fully saturated rings. The normalized spacial score (nSPS) is 21.5. The predicted octanol–water partition coefficient (Wildman–Crippen LogP) is 1.36. The molecular formula is C17H24N4O. The van der Waals surface area contributed by atoms with Gasteiger partial charge in [-0.2, -0.15) is 0 Å². The van der Waals surface area contributed by atoms with Gasteiger partial charge in [0, 0.05) is 37.7 Å². The predicted molar refractivity (Wildman–Crippen MR) is 88.4 cm³/mol. The van der Waals surface area contributed by atoms with E-state index in [9.17, 15) is 4.79 Å². The minimum Gasteiger partial charge on any atom is -0.326 e. The lowest BCUT2D eigenvalue weighted by Gasteiger charge is -2.17. The number of likely N-dealkylation sites (tertiary alicyclic amines) is 1. The molecule has 0 aromatic heterocycles. The summed E-state index contributed by atoms with van der Waals surface area (Å²) in [6.45, 7) is 8.41. The van der Waals surface area contributed by atoms with Gasteiger partial charge in [-0.25, -0.2) is 0 Å². The van der Waals surface area contributed by atoms with Crippen molar-refractivity contribution in [3.63, 3.8) is 0 Å². The van der Waals surface area contributed by atoms with E-state index in [0.717, 1.165) is 19.6 Å². The first kappa shape index (κ1) is 16.4. The molecule has 4 N–H and O–H groups in total. The molecule has 0 bridgehead atoms. The second-order valence-electron chi connectivity index (χ2n) is 5.94. The molecule has 0 aliphatic carbocycles. The van der Waals surface area contributed by atoms with Crippen molar-refractivity contribution < 1.29 is 4.79 Å². The Kier molecular flexibility index (Phi) is 5.46. The fraction of sp³-hybridized carbons (Fsp3) is 0.412. The van der Waals surface area contributed by atoms with Crippen LogP contribution in [0.2, 0.25) is 0 Å². The molecule has 2 rings (SSSR count). The molecule has 1 heterocycles. The molecule has 5 heteroatoms. The average Bonchev–Trinajstić information content (AvgIpc) is 2.88. The number of hydrogen-bond acceptors (Lipinski definition) is 4. The molecule has 0 radical (unpaired) electrons. The lowest BCUT2D eigenvalue weighted by Crippen LogP contribution is -2.39. The van der Waals surface area contributed by atoms with Crippen molar-refractivity contribution >= 4 is 11.7 Å². The van der Waals surface area contributed by atoms with Gasteiger partial charge in [0.2, 0.25) is 0 Å². The number of nitrogens with one attached hydrogen (secondary N) is 2. The molecule has 118 valence electrons. The SMILES string of the molecule is C=C(CN)C(=O)NC(=N)[C@@H]1CN(Cc2ccccc2)C[C@H]1C. The van der Waals surface area contributed by atoms with Gasteiger partial charge in [-0.05, 0) is 11.5 Å². The van der Waals surface area contributed by atoms with E-state index in [-0.39, 0.29) is 24.2 Å². The van der Waals surface area contributed by atoms with Crippen molar-refractivity contribution in [2.75, 3.05) is 19.6 Å². The monoisotopic (exact) mass is 300 g/mol. The average molecular weight is 300 g/mol. The zero-order chi connectivity index (χ0) is 16.1. The van der Waals surface area contributed by atoms with E-state index in [2.05, 4.69) is 35.9 Å². The van der Waals surface area contributed by atoms with Crippen LogP contribution in [-0.2, 0) is 11.3 Å². The molecule has 2 atom stereocenters. The summed E-state index contributed by atoms with van der Waals surface area (Å²) in [6.07, 6.45) is 0. The van der Waals surface area contributed by atoms with E-state index in [0.29, 0.717) is 11.5 Å². The van der Waals surface area contributed by atoms with Crippen LogP contribution < -0.4 is 11.1 Å². The topological polar surface area (TPSA) is 82.2 Å². The van der Waals surface area contributed by atoms with Gasteiger partial charge in [0.25, 0.3) is 5.91 Å². The molecular weight excluding hydrogens is 276 g/mol. The first-order valence-electron chi connectivity index (χ1n) is 7.55. The number of rotatable bonds is 5. The Hall–Kier alpha value is -1.98. The minimum atomic E-state index is -0.346.